The van der Waals surface area contributed by atoms with Gasteiger partial charge in [-0.15, -0.1) is 11.3 Å². The maximum atomic E-state index is 5.47. The van der Waals surface area contributed by atoms with E-state index in [9.17, 15) is 0 Å². The van der Waals surface area contributed by atoms with Crippen molar-refractivity contribution >= 4 is 23.1 Å². The predicted molar refractivity (Wildman–Crippen MR) is 117 cm³/mol. The van der Waals surface area contributed by atoms with E-state index in [2.05, 4.69) is 57.9 Å². The van der Waals surface area contributed by atoms with Crippen molar-refractivity contribution in [2.24, 2.45) is 10.9 Å². The average molecular weight is 402 g/mol. The molecule has 1 fully saturated rings. The van der Waals surface area contributed by atoms with Crippen LogP contribution in [-0.2, 0) is 17.7 Å². The van der Waals surface area contributed by atoms with Crippen LogP contribution >= 0.6 is 11.3 Å². The molecule has 6 nitrogen and oxygen atoms in total. The van der Waals surface area contributed by atoms with Gasteiger partial charge in [-0.05, 0) is 36.8 Å². The van der Waals surface area contributed by atoms with Gasteiger partial charge in [0.1, 0.15) is 5.82 Å². The highest BCUT2D eigenvalue weighted by atomic mass is 32.1. The van der Waals surface area contributed by atoms with E-state index in [4.69, 9.17) is 9.73 Å². The fourth-order valence-corrected chi connectivity index (χ4v) is 4.10. The van der Waals surface area contributed by atoms with E-state index in [1.54, 1.807) is 0 Å². The van der Waals surface area contributed by atoms with Crippen molar-refractivity contribution in [2.75, 3.05) is 44.3 Å². The van der Waals surface area contributed by atoms with Gasteiger partial charge in [-0.2, -0.15) is 0 Å². The van der Waals surface area contributed by atoms with Crippen molar-refractivity contribution in [3.63, 3.8) is 0 Å². The standard InChI is InChI=1S/C21H31N5OS/c1-3-22-21(24-15-17(2)14-19-7-5-13-28-19)25-16-18-6-4-8-23-20(18)26-9-11-27-12-10-26/h4-8,13,17H,3,9-12,14-16H2,1-2H3,(H2,22,24,25). The van der Waals surface area contributed by atoms with E-state index in [0.717, 1.165) is 63.2 Å². The molecule has 2 aromatic heterocycles. The van der Waals surface area contributed by atoms with Gasteiger partial charge in [-0.3, -0.25) is 0 Å². The molecule has 0 radical (unpaired) electrons. The maximum Gasteiger partial charge on any atom is 0.191 e. The number of anilines is 1. The molecule has 1 aliphatic rings. The molecule has 7 heteroatoms. The molecule has 0 aromatic carbocycles. The second kappa shape index (κ2) is 11.0. The van der Waals surface area contributed by atoms with Gasteiger partial charge < -0.3 is 20.3 Å². The van der Waals surface area contributed by atoms with Gasteiger partial charge in [0.25, 0.3) is 0 Å². The Balaban J connectivity index is 1.59. The summed E-state index contributed by atoms with van der Waals surface area (Å²) in [5.74, 6) is 2.43. The van der Waals surface area contributed by atoms with Crippen LogP contribution in [-0.4, -0.2) is 50.3 Å². The SMILES string of the molecule is CCNC(=NCc1cccnc1N1CCOCC1)NCC(C)Cc1cccs1. The zero-order valence-electron chi connectivity index (χ0n) is 16.9. The number of pyridine rings is 1. The highest BCUT2D eigenvalue weighted by Gasteiger charge is 2.15. The molecule has 0 bridgehead atoms. The lowest BCUT2D eigenvalue weighted by atomic mass is 10.1. The van der Waals surface area contributed by atoms with Gasteiger partial charge in [-0.25, -0.2) is 9.98 Å². The normalized spacial score (nSPS) is 16.1. The topological polar surface area (TPSA) is 61.8 Å². The minimum Gasteiger partial charge on any atom is -0.378 e. The van der Waals surface area contributed by atoms with Crippen LogP contribution < -0.4 is 15.5 Å². The first-order valence-corrected chi connectivity index (χ1v) is 11.0. The van der Waals surface area contributed by atoms with Crippen molar-refractivity contribution in [1.29, 1.82) is 0 Å². The highest BCUT2D eigenvalue weighted by molar-refractivity contribution is 7.09. The number of rotatable bonds is 8. The Morgan fingerprint density at radius 3 is 2.89 bits per heavy atom. The zero-order chi connectivity index (χ0) is 19.6. The van der Waals surface area contributed by atoms with Crippen molar-refractivity contribution < 1.29 is 4.74 Å². The van der Waals surface area contributed by atoms with Crippen molar-refractivity contribution in [2.45, 2.75) is 26.8 Å². The molecule has 28 heavy (non-hydrogen) atoms. The monoisotopic (exact) mass is 401 g/mol. The number of aromatic nitrogens is 1. The second-order valence-corrected chi connectivity index (χ2v) is 8.08. The maximum absolute atomic E-state index is 5.47. The highest BCUT2D eigenvalue weighted by Crippen LogP contribution is 2.19. The Morgan fingerprint density at radius 1 is 1.29 bits per heavy atom. The lowest BCUT2D eigenvalue weighted by Gasteiger charge is -2.29. The fraction of sp³-hybridized carbons (Fsp3) is 0.524. The molecule has 0 amide bonds. The third-order valence-corrected chi connectivity index (χ3v) is 5.58. The first kappa shape index (κ1) is 20.6. The third-order valence-electron chi connectivity index (χ3n) is 4.68. The Kier molecular flexibility index (Phi) is 8.11. The van der Waals surface area contributed by atoms with Crippen LogP contribution in [0.25, 0.3) is 0 Å². The number of thiophene rings is 1. The number of guanidine groups is 1. The third kappa shape index (κ3) is 6.21. The first-order valence-electron chi connectivity index (χ1n) is 10.1. The summed E-state index contributed by atoms with van der Waals surface area (Å²) < 4.78 is 5.47. The predicted octanol–water partition coefficient (Wildman–Crippen LogP) is 2.91. The van der Waals surface area contributed by atoms with E-state index in [1.807, 2.05) is 23.6 Å². The molecule has 152 valence electrons. The van der Waals surface area contributed by atoms with E-state index in [1.165, 1.54) is 4.88 Å². The summed E-state index contributed by atoms with van der Waals surface area (Å²) in [7, 11) is 0. The van der Waals surface area contributed by atoms with Crippen LogP contribution in [0.15, 0.2) is 40.8 Å². The number of hydrogen-bond donors (Lipinski definition) is 2. The van der Waals surface area contributed by atoms with Crippen LogP contribution in [0.3, 0.4) is 0 Å². The summed E-state index contributed by atoms with van der Waals surface area (Å²) in [6, 6.07) is 8.42. The van der Waals surface area contributed by atoms with Crippen LogP contribution in [0.2, 0.25) is 0 Å². The molecule has 3 heterocycles. The number of hydrogen-bond acceptors (Lipinski definition) is 5. The van der Waals surface area contributed by atoms with Gasteiger partial charge in [-0.1, -0.05) is 19.1 Å². The molecular weight excluding hydrogens is 370 g/mol. The van der Waals surface area contributed by atoms with Gasteiger partial charge in [0.05, 0.1) is 19.8 Å². The van der Waals surface area contributed by atoms with E-state index in [0.29, 0.717) is 12.5 Å². The largest absolute Gasteiger partial charge is 0.378 e. The number of nitrogens with one attached hydrogen (secondary N) is 2. The molecule has 1 unspecified atom stereocenters. The molecular formula is C21H31N5OS. The minimum atomic E-state index is 0.546. The van der Waals surface area contributed by atoms with Crippen LogP contribution in [0.1, 0.15) is 24.3 Å². The van der Waals surface area contributed by atoms with Crippen molar-refractivity contribution in [1.82, 2.24) is 15.6 Å². The molecule has 1 atom stereocenters. The fourth-order valence-electron chi connectivity index (χ4n) is 3.23. The smallest absolute Gasteiger partial charge is 0.191 e. The Morgan fingerprint density at radius 2 is 2.14 bits per heavy atom. The van der Waals surface area contributed by atoms with E-state index in [-0.39, 0.29) is 0 Å². The molecule has 1 saturated heterocycles. The quantitative estimate of drug-likeness (QED) is 0.526. The van der Waals surface area contributed by atoms with Crippen molar-refractivity contribution in [3.05, 3.63) is 46.3 Å². The Hall–Kier alpha value is -2.12. The number of morpholine rings is 1. The molecule has 0 spiro atoms. The molecule has 0 aliphatic carbocycles. The molecule has 2 N–H and O–H groups in total. The van der Waals surface area contributed by atoms with Crippen LogP contribution in [0.5, 0.6) is 0 Å². The van der Waals surface area contributed by atoms with E-state index >= 15 is 0 Å². The lowest BCUT2D eigenvalue weighted by molar-refractivity contribution is 0.122. The van der Waals surface area contributed by atoms with E-state index < -0.39 is 0 Å². The lowest BCUT2D eigenvalue weighted by Crippen LogP contribution is -2.40. The van der Waals surface area contributed by atoms with Crippen LogP contribution in [0.4, 0.5) is 5.82 Å². The summed E-state index contributed by atoms with van der Waals surface area (Å²) >= 11 is 1.82. The van der Waals surface area contributed by atoms with Gasteiger partial charge >= 0.3 is 0 Å². The number of ether oxygens (including phenoxy) is 1. The summed E-state index contributed by atoms with van der Waals surface area (Å²) in [5, 5.41) is 8.99. The summed E-state index contributed by atoms with van der Waals surface area (Å²) in [4.78, 5) is 13.1. The van der Waals surface area contributed by atoms with Gasteiger partial charge in [0, 0.05) is 42.8 Å². The molecule has 1 aliphatic heterocycles. The summed E-state index contributed by atoms with van der Waals surface area (Å²) in [5.41, 5.74) is 1.15. The first-order chi connectivity index (χ1) is 13.8. The number of aliphatic imine (C=N–C) groups is 1. The van der Waals surface area contributed by atoms with Crippen molar-refractivity contribution in [3.8, 4) is 0 Å². The Bertz CT molecular complexity index is 728. The summed E-state index contributed by atoms with van der Waals surface area (Å²) in [6.07, 6.45) is 2.95. The summed E-state index contributed by atoms with van der Waals surface area (Å²) in [6.45, 7) is 9.98. The van der Waals surface area contributed by atoms with Gasteiger partial charge in [0.2, 0.25) is 0 Å². The molecule has 3 rings (SSSR count). The molecule has 0 saturated carbocycles. The van der Waals surface area contributed by atoms with Crippen LogP contribution in [0, 0.1) is 5.92 Å². The zero-order valence-corrected chi connectivity index (χ0v) is 17.7. The average Bonchev–Trinajstić information content (AvgIpc) is 3.24. The number of nitrogens with zero attached hydrogens (tertiary/aromatic N) is 3. The second-order valence-electron chi connectivity index (χ2n) is 7.05. The minimum absolute atomic E-state index is 0.546. The Labute approximate surface area is 172 Å². The van der Waals surface area contributed by atoms with Gasteiger partial charge in [0.15, 0.2) is 5.96 Å². The molecule has 2 aromatic rings.